The quantitative estimate of drug-likeness (QED) is 0.753. The van der Waals surface area contributed by atoms with E-state index < -0.39 is 0 Å². The third-order valence-corrected chi connectivity index (χ3v) is 3.38. The predicted molar refractivity (Wildman–Crippen MR) is 91.3 cm³/mol. The molecule has 3 N–H and O–H groups in total. The van der Waals surface area contributed by atoms with Crippen LogP contribution in [0.4, 0.5) is 5.69 Å². The average Bonchev–Trinajstić information content (AvgIpc) is 2.55. The van der Waals surface area contributed by atoms with Gasteiger partial charge in [-0.05, 0) is 37.1 Å². The molecule has 1 fully saturated rings. The van der Waals surface area contributed by atoms with Crippen LogP contribution in [0.3, 0.4) is 0 Å². The number of halogens is 1. The summed E-state index contributed by atoms with van der Waals surface area (Å²) in [4.78, 5) is 11.8. The van der Waals surface area contributed by atoms with Gasteiger partial charge in [-0.25, -0.2) is 0 Å². The SMILES string of the molecule is Cl.NCCOc1ccc(NC(=O)CCOC2CCOCC2)cc1. The second-order valence-electron chi connectivity index (χ2n) is 5.14. The molecule has 0 atom stereocenters. The summed E-state index contributed by atoms with van der Waals surface area (Å²) < 4.78 is 16.3. The Morgan fingerprint density at radius 2 is 1.91 bits per heavy atom. The normalized spacial score (nSPS) is 14.8. The fourth-order valence-electron chi connectivity index (χ4n) is 2.20. The van der Waals surface area contributed by atoms with E-state index >= 15 is 0 Å². The van der Waals surface area contributed by atoms with E-state index in [1.807, 2.05) is 24.3 Å². The van der Waals surface area contributed by atoms with Gasteiger partial charge in [0.15, 0.2) is 0 Å². The van der Waals surface area contributed by atoms with Crippen molar-refractivity contribution in [3.8, 4) is 5.75 Å². The number of anilines is 1. The Labute approximate surface area is 143 Å². The van der Waals surface area contributed by atoms with Crippen molar-refractivity contribution in [2.24, 2.45) is 5.73 Å². The second kappa shape index (κ2) is 11.2. The molecule has 0 saturated carbocycles. The van der Waals surface area contributed by atoms with Crippen molar-refractivity contribution in [1.82, 2.24) is 0 Å². The van der Waals surface area contributed by atoms with E-state index in [-0.39, 0.29) is 24.4 Å². The second-order valence-corrected chi connectivity index (χ2v) is 5.14. The van der Waals surface area contributed by atoms with Crippen molar-refractivity contribution in [3.05, 3.63) is 24.3 Å². The highest BCUT2D eigenvalue weighted by atomic mass is 35.5. The zero-order chi connectivity index (χ0) is 15.6. The van der Waals surface area contributed by atoms with E-state index in [9.17, 15) is 4.79 Å². The molecule has 23 heavy (non-hydrogen) atoms. The molecule has 7 heteroatoms. The smallest absolute Gasteiger partial charge is 0.226 e. The lowest BCUT2D eigenvalue weighted by Gasteiger charge is -2.22. The van der Waals surface area contributed by atoms with Gasteiger partial charge in [-0.15, -0.1) is 12.4 Å². The minimum atomic E-state index is -0.0531. The highest BCUT2D eigenvalue weighted by Gasteiger charge is 2.14. The van der Waals surface area contributed by atoms with Crippen LogP contribution in [0.1, 0.15) is 19.3 Å². The van der Waals surface area contributed by atoms with E-state index in [2.05, 4.69) is 5.32 Å². The molecule has 2 rings (SSSR count). The number of rotatable bonds is 8. The first-order valence-electron chi connectivity index (χ1n) is 7.70. The lowest BCUT2D eigenvalue weighted by molar-refractivity contribution is -0.118. The van der Waals surface area contributed by atoms with Crippen LogP contribution in [0.2, 0.25) is 0 Å². The third-order valence-electron chi connectivity index (χ3n) is 3.38. The molecule has 1 aromatic rings. The van der Waals surface area contributed by atoms with Crippen molar-refractivity contribution in [2.75, 3.05) is 38.3 Å². The fraction of sp³-hybridized carbons (Fsp3) is 0.562. The van der Waals surface area contributed by atoms with Crippen LogP contribution in [-0.2, 0) is 14.3 Å². The fourth-order valence-corrected chi connectivity index (χ4v) is 2.20. The Kier molecular flexibility index (Phi) is 9.63. The Morgan fingerprint density at radius 3 is 2.57 bits per heavy atom. The summed E-state index contributed by atoms with van der Waals surface area (Å²) in [5.41, 5.74) is 6.12. The van der Waals surface area contributed by atoms with Gasteiger partial charge >= 0.3 is 0 Å². The molecule has 1 amide bonds. The molecule has 0 spiro atoms. The van der Waals surface area contributed by atoms with Gasteiger partial charge < -0.3 is 25.3 Å². The van der Waals surface area contributed by atoms with E-state index in [0.717, 1.165) is 37.5 Å². The molecule has 0 aromatic heterocycles. The van der Waals surface area contributed by atoms with E-state index in [4.69, 9.17) is 19.9 Å². The highest BCUT2D eigenvalue weighted by molar-refractivity contribution is 5.90. The van der Waals surface area contributed by atoms with E-state index in [0.29, 0.717) is 26.2 Å². The Balaban J connectivity index is 0.00000264. The maximum atomic E-state index is 11.8. The van der Waals surface area contributed by atoms with Gasteiger partial charge in [0, 0.05) is 25.4 Å². The average molecular weight is 345 g/mol. The van der Waals surface area contributed by atoms with Crippen LogP contribution in [-0.4, -0.2) is 45.0 Å². The summed E-state index contributed by atoms with van der Waals surface area (Å²) in [6, 6.07) is 7.24. The molecule has 0 bridgehead atoms. The number of nitrogens with two attached hydrogens (primary N) is 1. The van der Waals surface area contributed by atoms with Gasteiger partial charge in [-0.2, -0.15) is 0 Å². The van der Waals surface area contributed by atoms with Crippen LogP contribution in [0.25, 0.3) is 0 Å². The van der Waals surface area contributed by atoms with Gasteiger partial charge in [-0.3, -0.25) is 4.79 Å². The van der Waals surface area contributed by atoms with Gasteiger partial charge in [0.1, 0.15) is 12.4 Å². The largest absolute Gasteiger partial charge is 0.492 e. The summed E-state index contributed by atoms with van der Waals surface area (Å²) in [5.74, 6) is 0.689. The summed E-state index contributed by atoms with van der Waals surface area (Å²) >= 11 is 0. The molecule has 130 valence electrons. The number of amides is 1. The minimum Gasteiger partial charge on any atom is -0.492 e. The van der Waals surface area contributed by atoms with Crippen molar-refractivity contribution in [1.29, 1.82) is 0 Å². The first kappa shape index (κ1) is 19.7. The monoisotopic (exact) mass is 344 g/mol. The summed E-state index contributed by atoms with van der Waals surface area (Å²) in [6.07, 6.45) is 2.39. The van der Waals surface area contributed by atoms with Crippen LogP contribution in [0.5, 0.6) is 5.75 Å². The molecule has 0 radical (unpaired) electrons. The number of ether oxygens (including phenoxy) is 3. The summed E-state index contributed by atoms with van der Waals surface area (Å²) in [7, 11) is 0. The van der Waals surface area contributed by atoms with Crippen LogP contribution < -0.4 is 15.8 Å². The number of hydrogen-bond donors (Lipinski definition) is 2. The van der Waals surface area contributed by atoms with Gasteiger partial charge in [0.05, 0.1) is 19.1 Å². The predicted octanol–water partition coefficient (Wildman–Crippen LogP) is 1.97. The molecule has 0 unspecified atom stereocenters. The molecule has 1 aliphatic rings. The standard InChI is InChI=1S/C16H24N2O4.ClH/c17-8-12-22-14-3-1-13(2-4-14)18-16(19)7-11-21-15-5-9-20-10-6-15;/h1-4,15H,5-12,17H2,(H,18,19);1H. The van der Waals surface area contributed by atoms with Gasteiger partial charge in [-0.1, -0.05) is 0 Å². The van der Waals surface area contributed by atoms with Gasteiger partial charge in [0.25, 0.3) is 0 Å². The van der Waals surface area contributed by atoms with Crippen LogP contribution >= 0.6 is 12.4 Å². The molecule has 1 heterocycles. The number of carbonyl (C=O) groups excluding carboxylic acids is 1. The molecule has 1 aliphatic heterocycles. The lowest BCUT2D eigenvalue weighted by Crippen LogP contribution is -2.25. The van der Waals surface area contributed by atoms with E-state index in [1.165, 1.54) is 0 Å². The van der Waals surface area contributed by atoms with Crippen molar-refractivity contribution < 1.29 is 19.0 Å². The number of carbonyl (C=O) groups is 1. The Morgan fingerprint density at radius 1 is 1.22 bits per heavy atom. The zero-order valence-corrected chi connectivity index (χ0v) is 14.0. The lowest BCUT2D eigenvalue weighted by atomic mass is 10.1. The first-order valence-corrected chi connectivity index (χ1v) is 7.70. The van der Waals surface area contributed by atoms with Crippen molar-refractivity contribution in [3.63, 3.8) is 0 Å². The molecule has 6 nitrogen and oxygen atoms in total. The van der Waals surface area contributed by atoms with Crippen molar-refractivity contribution in [2.45, 2.75) is 25.4 Å². The Bertz CT molecular complexity index is 450. The highest BCUT2D eigenvalue weighted by Crippen LogP contribution is 2.16. The van der Waals surface area contributed by atoms with Crippen LogP contribution in [0, 0.1) is 0 Å². The molecule has 1 aromatic carbocycles. The topological polar surface area (TPSA) is 82.8 Å². The first-order chi connectivity index (χ1) is 10.8. The number of nitrogens with one attached hydrogen (secondary N) is 1. The van der Waals surface area contributed by atoms with Crippen LogP contribution in [0.15, 0.2) is 24.3 Å². The summed E-state index contributed by atoms with van der Waals surface area (Å²) in [5, 5.41) is 2.84. The van der Waals surface area contributed by atoms with Crippen molar-refractivity contribution >= 4 is 24.0 Å². The minimum absolute atomic E-state index is 0. The molecule has 0 aliphatic carbocycles. The summed E-state index contributed by atoms with van der Waals surface area (Å²) in [6.45, 7) is 2.89. The maximum Gasteiger partial charge on any atom is 0.226 e. The Hall–Kier alpha value is -1.34. The van der Waals surface area contributed by atoms with Gasteiger partial charge in [0.2, 0.25) is 5.91 Å². The number of hydrogen-bond acceptors (Lipinski definition) is 5. The van der Waals surface area contributed by atoms with E-state index in [1.54, 1.807) is 0 Å². The molecular weight excluding hydrogens is 320 g/mol. The third kappa shape index (κ3) is 7.65. The zero-order valence-electron chi connectivity index (χ0n) is 13.2. The maximum absolute atomic E-state index is 11.8. The number of benzene rings is 1. The molecular formula is C16H25ClN2O4. The molecule has 1 saturated heterocycles.